The molecule has 0 bridgehead atoms. The topological polar surface area (TPSA) is 36.9 Å². The van der Waals surface area contributed by atoms with Gasteiger partial charge in [-0.15, -0.1) is 23.5 Å². The molecule has 8 rings (SSSR count). The standard InChI is InChI=1S/C82H110O4S4/c1-17-25-29-57(21-5)51-83-75-49-71(77(85-53-59(23-7)31-27-19-3)47-69(75)61-33-39-65(40-34-61)89-81(11,12)13)63-37-43-67-68-44-38-64(46-74(68)79(73(67)45-63)80-87-55(9)56(10)88-80)72-50-76(84-52-58(22-6)30-26-18-2)70(48-78(72)86-54-60(24-8)32-28-20-4)62-35-41-66(42-36-62)90-82(14,15)16/h33-50,57-60H,17-32,51-54H2,1-16H3. The van der Waals surface area contributed by atoms with E-state index >= 15 is 0 Å². The third kappa shape index (κ3) is 19.3. The van der Waals surface area contributed by atoms with Gasteiger partial charge in [0.05, 0.1) is 30.7 Å². The van der Waals surface area contributed by atoms with E-state index in [1.807, 2.05) is 47.0 Å². The average Bonchev–Trinajstić information content (AvgIpc) is 1.55. The minimum absolute atomic E-state index is 0.111. The number of allylic oxidation sites excluding steroid dienone is 2. The van der Waals surface area contributed by atoms with Gasteiger partial charge in [-0.3, -0.25) is 0 Å². The van der Waals surface area contributed by atoms with Crippen molar-refractivity contribution in [3.63, 3.8) is 0 Å². The number of ether oxygens (including phenoxy) is 4. The number of fused-ring (bicyclic) bond motifs is 3. The molecule has 0 saturated heterocycles. The Morgan fingerprint density at radius 1 is 0.344 bits per heavy atom. The van der Waals surface area contributed by atoms with Gasteiger partial charge in [0, 0.05) is 47.1 Å². The minimum Gasteiger partial charge on any atom is -0.493 e. The number of benzene rings is 6. The SMILES string of the molecule is CCCCC(CC)COc1cc(-c2ccc3c(c2)C(=C2SC(C)=C(C)S2)c2cc(-c4cc(OCC(CC)CCCC)c(-c5ccc(SC(C)(C)C)cc5)cc4OCC(CC)CCCC)ccc2-3)c(OCC(CC)CCCC)cc1-c1ccc(SC(C)(C)C)cc1. The first kappa shape index (κ1) is 71.3. The van der Waals surface area contributed by atoms with E-state index in [0.717, 1.165) is 119 Å². The van der Waals surface area contributed by atoms with Crippen LogP contribution in [0.5, 0.6) is 23.0 Å². The molecule has 4 atom stereocenters. The van der Waals surface area contributed by atoms with Crippen LogP contribution in [-0.4, -0.2) is 35.9 Å². The zero-order chi connectivity index (χ0) is 64.5. The molecule has 1 aliphatic heterocycles. The largest absolute Gasteiger partial charge is 0.493 e. The Morgan fingerprint density at radius 3 is 0.889 bits per heavy atom. The number of hydrogen-bond donors (Lipinski definition) is 0. The minimum atomic E-state index is 0.111. The third-order valence-electron chi connectivity index (χ3n) is 18.1. The highest BCUT2D eigenvalue weighted by atomic mass is 32.2. The predicted molar refractivity (Wildman–Crippen MR) is 400 cm³/mol. The summed E-state index contributed by atoms with van der Waals surface area (Å²) in [6.45, 7) is 39.4. The summed E-state index contributed by atoms with van der Waals surface area (Å²) in [4.78, 5) is 5.25. The predicted octanol–water partition coefficient (Wildman–Crippen LogP) is 26.9. The molecule has 4 unspecified atom stereocenters. The maximum Gasteiger partial charge on any atom is 0.128 e. The van der Waals surface area contributed by atoms with Crippen LogP contribution in [0.25, 0.3) is 61.2 Å². The Balaban J connectivity index is 1.30. The van der Waals surface area contributed by atoms with Gasteiger partial charge in [-0.05, 0) is 178 Å². The Hall–Kier alpha value is -4.60. The molecule has 0 amide bonds. The fourth-order valence-electron chi connectivity index (χ4n) is 12.3. The first-order valence-corrected chi connectivity index (χ1v) is 38.1. The van der Waals surface area contributed by atoms with Crippen LogP contribution in [0, 0.1) is 23.7 Å². The Kier molecular flexibility index (Phi) is 26.9. The van der Waals surface area contributed by atoms with E-state index in [2.05, 4.69) is 220 Å². The van der Waals surface area contributed by atoms with Gasteiger partial charge in [0.1, 0.15) is 23.0 Å². The molecule has 0 saturated carbocycles. The Labute approximate surface area is 563 Å². The van der Waals surface area contributed by atoms with Crippen molar-refractivity contribution in [2.24, 2.45) is 23.7 Å². The summed E-state index contributed by atoms with van der Waals surface area (Å²) < 4.78 is 30.3. The first-order valence-electron chi connectivity index (χ1n) is 34.8. The number of hydrogen-bond acceptors (Lipinski definition) is 8. The molecule has 6 aromatic rings. The molecular weight excluding hydrogens is 1180 g/mol. The zero-order valence-electron chi connectivity index (χ0n) is 58.1. The van der Waals surface area contributed by atoms with E-state index in [1.54, 1.807) is 0 Å². The van der Waals surface area contributed by atoms with Crippen LogP contribution in [0.3, 0.4) is 0 Å². The summed E-state index contributed by atoms with van der Waals surface area (Å²) in [6, 6.07) is 42.0. The normalized spacial score (nSPS) is 14.6. The van der Waals surface area contributed by atoms with Crippen molar-refractivity contribution in [2.75, 3.05) is 26.4 Å². The second-order valence-corrected chi connectivity index (χ2v) is 34.1. The number of rotatable bonds is 34. The second-order valence-electron chi connectivity index (χ2n) is 27.6. The van der Waals surface area contributed by atoms with Crippen molar-refractivity contribution in [1.29, 1.82) is 0 Å². The highest BCUT2D eigenvalue weighted by molar-refractivity contribution is 8.28. The lowest BCUT2D eigenvalue weighted by atomic mass is 9.94. The van der Waals surface area contributed by atoms with Crippen LogP contribution in [0.15, 0.2) is 133 Å². The van der Waals surface area contributed by atoms with Crippen LogP contribution < -0.4 is 18.9 Å². The van der Waals surface area contributed by atoms with Gasteiger partial charge >= 0.3 is 0 Å². The van der Waals surface area contributed by atoms with Crippen LogP contribution >= 0.6 is 47.0 Å². The van der Waals surface area contributed by atoms with Gasteiger partial charge in [-0.25, -0.2) is 0 Å². The number of thioether (sulfide) groups is 4. The molecule has 0 fully saturated rings. The summed E-state index contributed by atoms with van der Waals surface area (Å²) >= 11 is 7.66. The molecule has 2 aliphatic rings. The summed E-state index contributed by atoms with van der Waals surface area (Å²) in [5.41, 5.74) is 15.2. The smallest absolute Gasteiger partial charge is 0.128 e. The molecule has 0 N–H and O–H groups in total. The van der Waals surface area contributed by atoms with Crippen molar-refractivity contribution in [2.45, 2.75) is 233 Å². The average molecular weight is 1290 g/mol. The molecule has 486 valence electrons. The summed E-state index contributed by atoms with van der Waals surface area (Å²) in [7, 11) is 0. The summed E-state index contributed by atoms with van der Waals surface area (Å²) in [5, 5.41) is 0. The van der Waals surface area contributed by atoms with Crippen LogP contribution in [0.2, 0.25) is 0 Å². The molecule has 1 heterocycles. The maximum absolute atomic E-state index is 7.23. The maximum atomic E-state index is 7.23. The monoisotopic (exact) mass is 1290 g/mol. The fourth-order valence-corrected chi connectivity index (χ4v) is 16.9. The quantitative estimate of drug-likeness (QED) is 0.0370. The van der Waals surface area contributed by atoms with Crippen LogP contribution in [0.1, 0.15) is 225 Å². The van der Waals surface area contributed by atoms with Crippen LogP contribution in [0.4, 0.5) is 0 Å². The molecular formula is C82H110O4S4. The highest BCUT2D eigenvalue weighted by Crippen LogP contribution is 2.59. The molecule has 1 aliphatic carbocycles. The van der Waals surface area contributed by atoms with Crippen LogP contribution in [-0.2, 0) is 0 Å². The Morgan fingerprint density at radius 2 is 0.622 bits per heavy atom. The molecule has 90 heavy (non-hydrogen) atoms. The lowest BCUT2D eigenvalue weighted by Crippen LogP contribution is -2.13. The van der Waals surface area contributed by atoms with E-state index in [4.69, 9.17) is 18.9 Å². The van der Waals surface area contributed by atoms with Gasteiger partial charge in [0.15, 0.2) is 0 Å². The van der Waals surface area contributed by atoms with Crippen molar-refractivity contribution < 1.29 is 18.9 Å². The van der Waals surface area contributed by atoms with Gasteiger partial charge in [0.25, 0.3) is 0 Å². The molecule has 8 heteroatoms. The van der Waals surface area contributed by atoms with Crippen molar-refractivity contribution >= 4 is 52.6 Å². The number of unbranched alkanes of at least 4 members (excludes halogenated alkanes) is 4. The molecule has 6 aromatic carbocycles. The van der Waals surface area contributed by atoms with Crippen molar-refractivity contribution in [3.8, 4) is 78.6 Å². The fraction of sp³-hybridized carbons (Fsp3) is 0.512. The van der Waals surface area contributed by atoms with Crippen molar-refractivity contribution in [3.05, 3.63) is 134 Å². The second kappa shape index (κ2) is 34.0. The van der Waals surface area contributed by atoms with E-state index < -0.39 is 0 Å². The lowest BCUT2D eigenvalue weighted by molar-refractivity contribution is 0.229. The highest BCUT2D eigenvalue weighted by Gasteiger charge is 2.32. The molecule has 0 aromatic heterocycles. The van der Waals surface area contributed by atoms with Gasteiger partial charge in [0.2, 0.25) is 0 Å². The molecule has 4 nitrogen and oxygen atoms in total. The summed E-state index contributed by atoms with van der Waals surface area (Å²) in [5.74, 6) is 5.53. The van der Waals surface area contributed by atoms with Gasteiger partial charge in [-0.1, -0.05) is 246 Å². The van der Waals surface area contributed by atoms with E-state index in [0.29, 0.717) is 50.1 Å². The molecule has 0 radical (unpaired) electrons. The lowest BCUT2D eigenvalue weighted by Gasteiger charge is -2.23. The van der Waals surface area contributed by atoms with E-state index in [-0.39, 0.29) is 9.49 Å². The zero-order valence-corrected chi connectivity index (χ0v) is 61.4. The Bertz CT molecular complexity index is 3120. The first-order chi connectivity index (χ1) is 43.3. The van der Waals surface area contributed by atoms with Crippen molar-refractivity contribution in [1.82, 2.24) is 0 Å². The van der Waals surface area contributed by atoms with Gasteiger partial charge in [-0.2, -0.15) is 0 Å². The molecule has 0 spiro atoms. The van der Waals surface area contributed by atoms with E-state index in [9.17, 15) is 0 Å². The third-order valence-corrected chi connectivity index (χ3v) is 23.0. The van der Waals surface area contributed by atoms with Gasteiger partial charge < -0.3 is 18.9 Å². The summed E-state index contributed by atoms with van der Waals surface area (Å²) in [6.07, 6.45) is 18.5. The van der Waals surface area contributed by atoms with E-state index in [1.165, 1.54) is 103 Å².